The van der Waals surface area contributed by atoms with Crippen molar-refractivity contribution in [1.82, 2.24) is 29.9 Å². The summed E-state index contributed by atoms with van der Waals surface area (Å²) in [5, 5.41) is 21.1. The van der Waals surface area contributed by atoms with Crippen LogP contribution in [0.1, 0.15) is 71.1 Å². The highest BCUT2D eigenvalue weighted by molar-refractivity contribution is 7.17. The number of amides is 2. The summed E-state index contributed by atoms with van der Waals surface area (Å²) in [4.78, 5) is 27.2. The quantitative estimate of drug-likeness (QED) is 0.340. The Balaban J connectivity index is 1.25. The van der Waals surface area contributed by atoms with Gasteiger partial charge in [0.25, 0.3) is 12.3 Å². The normalized spacial score (nSPS) is 25.6. The fraction of sp³-hybridized carbons (Fsp3) is 0.560. The first-order valence-corrected chi connectivity index (χ1v) is 14.0. The Morgan fingerprint density at radius 3 is 2.58 bits per heavy atom. The zero-order chi connectivity index (χ0) is 28.1. The van der Waals surface area contributed by atoms with Gasteiger partial charge in [-0.05, 0) is 50.5 Å². The Labute approximate surface area is 230 Å². The molecule has 10 nitrogen and oxygen atoms in total. The van der Waals surface area contributed by atoms with Crippen LogP contribution >= 0.6 is 11.3 Å². The lowest BCUT2D eigenvalue weighted by atomic mass is 9.83. The van der Waals surface area contributed by atoms with Gasteiger partial charge in [0, 0.05) is 36.0 Å². The van der Waals surface area contributed by atoms with Gasteiger partial charge in [-0.15, -0.1) is 21.5 Å². The van der Waals surface area contributed by atoms with Gasteiger partial charge < -0.3 is 16.0 Å². The lowest BCUT2D eigenvalue weighted by Gasteiger charge is -2.31. The number of anilines is 3. The van der Waals surface area contributed by atoms with Crippen molar-refractivity contribution in [2.75, 3.05) is 10.6 Å². The molecule has 15 heteroatoms. The van der Waals surface area contributed by atoms with Crippen molar-refractivity contribution in [3.8, 4) is 0 Å². The molecule has 3 N–H and O–H groups in total. The molecule has 0 saturated heterocycles. The molecule has 3 aliphatic rings. The standard InChI is InChI=1S/C25H28F4N8O2S/c1-36-19(9-17(35-36)21(28)29)32-25-34-30-10-37(25)15-2-3-18-16(8-15)20(23(39)31-14-6-13(27)7-14)24(40-18)33-22(38)11-4-12(26)5-11/h9-15,21H,2-8H2,1H3,(H,31,39)(H,32,34)(H,33,38)/t11?,12?,13?,14?,15-/m0/s1. The molecule has 3 aromatic heterocycles. The van der Waals surface area contributed by atoms with E-state index in [0.29, 0.717) is 41.6 Å². The van der Waals surface area contributed by atoms with Crippen molar-refractivity contribution in [2.45, 2.75) is 75.8 Å². The maximum atomic E-state index is 13.4. The van der Waals surface area contributed by atoms with E-state index in [1.807, 2.05) is 0 Å². The van der Waals surface area contributed by atoms with Gasteiger partial charge in [0.05, 0.1) is 5.56 Å². The Kier molecular flexibility index (Phi) is 7.00. The molecule has 2 fully saturated rings. The van der Waals surface area contributed by atoms with Crippen LogP contribution in [0.4, 0.5) is 34.3 Å². The second-order valence-corrected chi connectivity index (χ2v) is 11.8. The van der Waals surface area contributed by atoms with E-state index in [-0.39, 0.29) is 55.3 Å². The van der Waals surface area contributed by atoms with E-state index >= 15 is 0 Å². The first-order valence-electron chi connectivity index (χ1n) is 13.2. The molecule has 0 unspecified atom stereocenters. The van der Waals surface area contributed by atoms with Crippen molar-refractivity contribution in [3.05, 3.63) is 34.1 Å². The highest BCUT2D eigenvalue weighted by Crippen LogP contribution is 2.43. The third kappa shape index (κ3) is 5.06. The molecule has 40 heavy (non-hydrogen) atoms. The number of nitrogens with one attached hydrogen (secondary N) is 3. The van der Waals surface area contributed by atoms with E-state index in [0.717, 1.165) is 10.4 Å². The molecule has 3 aliphatic carbocycles. The molecule has 0 aromatic carbocycles. The van der Waals surface area contributed by atoms with Crippen molar-refractivity contribution in [2.24, 2.45) is 13.0 Å². The summed E-state index contributed by atoms with van der Waals surface area (Å²) in [6.45, 7) is 0. The average Bonchev–Trinajstić information content (AvgIpc) is 3.58. The second-order valence-electron chi connectivity index (χ2n) is 10.7. The van der Waals surface area contributed by atoms with Crippen molar-refractivity contribution in [3.63, 3.8) is 0 Å². The van der Waals surface area contributed by atoms with Gasteiger partial charge in [-0.3, -0.25) is 18.8 Å². The number of nitrogens with zero attached hydrogens (tertiary/aromatic N) is 5. The van der Waals surface area contributed by atoms with E-state index in [1.54, 1.807) is 11.6 Å². The summed E-state index contributed by atoms with van der Waals surface area (Å²) < 4.78 is 56.1. The van der Waals surface area contributed by atoms with Crippen molar-refractivity contribution >= 4 is 39.9 Å². The Morgan fingerprint density at radius 1 is 1.15 bits per heavy atom. The largest absolute Gasteiger partial charge is 0.349 e. The monoisotopic (exact) mass is 580 g/mol. The number of fused-ring (bicyclic) bond motifs is 1. The predicted octanol–water partition coefficient (Wildman–Crippen LogP) is 4.40. The Morgan fingerprint density at radius 2 is 1.90 bits per heavy atom. The highest BCUT2D eigenvalue weighted by Gasteiger charge is 2.38. The third-order valence-corrected chi connectivity index (χ3v) is 9.10. The van der Waals surface area contributed by atoms with Crippen LogP contribution in [0.25, 0.3) is 0 Å². The summed E-state index contributed by atoms with van der Waals surface area (Å²) in [5.74, 6) is -0.463. The molecule has 6 rings (SSSR count). The summed E-state index contributed by atoms with van der Waals surface area (Å²) in [6.07, 6.45) is -0.540. The van der Waals surface area contributed by atoms with Gasteiger partial charge in [-0.2, -0.15) is 5.10 Å². The molecule has 3 heterocycles. The smallest absolute Gasteiger partial charge is 0.282 e. The fourth-order valence-corrected chi connectivity index (χ4v) is 6.70. The minimum absolute atomic E-state index is 0.166. The van der Waals surface area contributed by atoms with E-state index in [9.17, 15) is 27.2 Å². The van der Waals surface area contributed by atoms with Crippen molar-refractivity contribution in [1.29, 1.82) is 0 Å². The van der Waals surface area contributed by atoms with Crippen LogP contribution in [-0.2, 0) is 24.7 Å². The molecule has 0 spiro atoms. The van der Waals surface area contributed by atoms with Gasteiger partial charge in [0.2, 0.25) is 11.9 Å². The number of carbonyl (C=O) groups is 2. The summed E-state index contributed by atoms with van der Waals surface area (Å²) in [6, 6.07) is 0.801. The number of hydrogen-bond acceptors (Lipinski definition) is 7. The predicted molar refractivity (Wildman–Crippen MR) is 138 cm³/mol. The summed E-state index contributed by atoms with van der Waals surface area (Å²) >= 11 is 1.34. The molecule has 0 bridgehead atoms. The highest BCUT2D eigenvalue weighted by atomic mass is 32.1. The zero-order valence-electron chi connectivity index (χ0n) is 21.5. The number of rotatable bonds is 8. The molecular weight excluding hydrogens is 552 g/mol. The van der Waals surface area contributed by atoms with Crippen LogP contribution in [0.15, 0.2) is 12.4 Å². The van der Waals surface area contributed by atoms with E-state index in [1.165, 1.54) is 28.4 Å². The Hall–Kier alpha value is -3.49. The fourth-order valence-electron chi connectivity index (χ4n) is 5.46. The SMILES string of the molecule is Cn1nc(C(F)F)cc1Nc1nncn1[C@H]1CCc2sc(NC(=O)C3CC(F)C3)c(C(=O)NC3CC(F)C3)c2C1. The summed E-state index contributed by atoms with van der Waals surface area (Å²) in [5.41, 5.74) is 0.769. The molecule has 0 aliphatic heterocycles. The van der Waals surface area contributed by atoms with Crippen LogP contribution in [-0.4, -0.2) is 54.7 Å². The lowest BCUT2D eigenvalue weighted by molar-refractivity contribution is -0.124. The molecule has 0 radical (unpaired) electrons. The first kappa shape index (κ1) is 26.7. The number of hydrogen-bond donors (Lipinski definition) is 3. The number of aromatic nitrogens is 5. The molecule has 3 aromatic rings. The van der Waals surface area contributed by atoms with E-state index in [4.69, 9.17) is 0 Å². The molecule has 1 atom stereocenters. The van der Waals surface area contributed by atoms with Crippen LogP contribution in [0.3, 0.4) is 0 Å². The minimum Gasteiger partial charge on any atom is -0.349 e. The summed E-state index contributed by atoms with van der Waals surface area (Å²) in [7, 11) is 1.54. The van der Waals surface area contributed by atoms with Crippen LogP contribution in [0.2, 0.25) is 0 Å². The van der Waals surface area contributed by atoms with Gasteiger partial charge in [-0.1, -0.05) is 0 Å². The van der Waals surface area contributed by atoms with Crippen molar-refractivity contribution < 1.29 is 27.2 Å². The van der Waals surface area contributed by atoms with Crippen LogP contribution < -0.4 is 16.0 Å². The Bertz CT molecular complexity index is 1430. The maximum absolute atomic E-state index is 13.4. The van der Waals surface area contributed by atoms with Gasteiger partial charge >= 0.3 is 0 Å². The number of alkyl halides is 4. The van der Waals surface area contributed by atoms with Gasteiger partial charge in [0.15, 0.2) is 0 Å². The molecular formula is C25H28F4N8O2S. The van der Waals surface area contributed by atoms with E-state index < -0.39 is 24.7 Å². The lowest BCUT2D eigenvalue weighted by Crippen LogP contribution is -2.45. The topological polar surface area (TPSA) is 119 Å². The average molecular weight is 581 g/mol. The van der Waals surface area contributed by atoms with Crippen LogP contribution in [0.5, 0.6) is 0 Å². The second kappa shape index (κ2) is 10.5. The zero-order valence-corrected chi connectivity index (χ0v) is 22.4. The number of aryl methyl sites for hydroxylation is 2. The van der Waals surface area contributed by atoms with Crippen LogP contribution in [0, 0.1) is 5.92 Å². The minimum atomic E-state index is -2.72. The number of carbonyl (C=O) groups excluding carboxylic acids is 2. The molecule has 2 amide bonds. The van der Waals surface area contributed by atoms with Gasteiger partial charge in [0.1, 0.15) is 35.2 Å². The van der Waals surface area contributed by atoms with E-state index in [2.05, 4.69) is 31.2 Å². The third-order valence-electron chi connectivity index (χ3n) is 7.89. The molecule has 214 valence electrons. The maximum Gasteiger partial charge on any atom is 0.282 e. The van der Waals surface area contributed by atoms with Gasteiger partial charge in [-0.25, -0.2) is 17.6 Å². The number of halogens is 4. The number of thiophene rings is 1. The first-order chi connectivity index (χ1) is 19.2. The molecule has 2 saturated carbocycles.